The minimum atomic E-state index is 0.183. The zero-order chi connectivity index (χ0) is 11.0. The van der Waals surface area contributed by atoms with Crippen molar-refractivity contribution in [2.45, 2.75) is 0 Å². The first-order valence-corrected chi connectivity index (χ1v) is 5.54. The van der Waals surface area contributed by atoms with Gasteiger partial charge in [-0.3, -0.25) is 4.98 Å². The van der Waals surface area contributed by atoms with Crippen molar-refractivity contribution in [1.82, 2.24) is 14.6 Å². The lowest BCUT2D eigenvalue weighted by Gasteiger charge is -2.04. The van der Waals surface area contributed by atoms with Crippen LogP contribution in [0.15, 0.2) is 35.8 Å². The molecule has 0 atom stereocenters. The molecule has 3 rings (SSSR count). The average Bonchev–Trinajstić information content (AvgIpc) is 2.83. The molecule has 0 unspecified atom stereocenters. The van der Waals surface area contributed by atoms with Crippen LogP contribution in [0.3, 0.4) is 0 Å². The molecule has 0 spiro atoms. The van der Waals surface area contributed by atoms with Crippen LogP contribution in [0.1, 0.15) is 0 Å². The molecular formula is C11H7N3OS. The van der Waals surface area contributed by atoms with Crippen LogP contribution in [0, 0.1) is 0 Å². The highest BCUT2D eigenvalue weighted by molar-refractivity contribution is 7.03. The lowest BCUT2D eigenvalue weighted by atomic mass is 10.1. The summed E-state index contributed by atoms with van der Waals surface area (Å²) in [5.74, 6) is 0.183. The van der Waals surface area contributed by atoms with E-state index >= 15 is 0 Å². The summed E-state index contributed by atoms with van der Waals surface area (Å²) >= 11 is 1.30. The van der Waals surface area contributed by atoms with Crippen molar-refractivity contribution in [3.63, 3.8) is 0 Å². The summed E-state index contributed by atoms with van der Waals surface area (Å²) in [6.45, 7) is 0. The Morgan fingerprint density at radius 3 is 2.94 bits per heavy atom. The van der Waals surface area contributed by atoms with Crippen molar-refractivity contribution in [2.24, 2.45) is 0 Å². The second-order valence-electron chi connectivity index (χ2n) is 3.32. The molecule has 78 valence electrons. The fraction of sp³-hybridized carbons (Fsp3) is 0. The molecule has 0 fully saturated rings. The van der Waals surface area contributed by atoms with Crippen LogP contribution < -0.4 is 0 Å². The van der Waals surface area contributed by atoms with E-state index in [1.165, 1.54) is 11.5 Å². The number of phenols is 1. The number of pyridine rings is 1. The Morgan fingerprint density at radius 2 is 2.12 bits per heavy atom. The normalized spacial score (nSPS) is 10.8. The Hall–Kier alpha value is -2.01. The SMILES string of the molecule is Oc1ccc(-c2csnn2)c2cccnc12. The number of hydrogen-bond acceptors (Lipinski definition) is 5. The number of fused-ring (bicyclic) bond motifs is 1. The molecule has 3 aromatic rings. The van der Waals surface area contributed by atoms with Crippen LogP contribution in [-0.4, -0.2) is 19.7 Å². The maximum absolute atomic E-state index is 9.70. The quantitative estimate of drug-likeness (QED) is 0.696. The molecule has 2 heterocycles. The smallest absolute Gasteiger partial charge is 0.141 e. The molecule has 0 saturated heterocycles. The molecule has 2 aromatic heterocycles. The van der Waals surface area contributed by atoms with Crippen molar-refractivity contribution in [1.29, 1.82) is 0 Å². The van der Waals surface area contributed by atoms with Crippen molar-refractivity contribution >= 4 is 22.4 Å². The van der Waals surface area contributed by atoms with Crippen molar-refractivity contribution < 1.29 is 5.11 Å². The monoisotopic (exact) mass is 229 g/mol. The van der Waals surface area contributed by atoms with E-state index in [1.54, 1.807) is 12.3 Å². The number of hydrogen-bond donors (Lipinski definition) is 1. The molecule has 0 aliphatic rings. The number of rotatable bonds is 1. The molecule has 0 radical (unpaired) electrons. The molecule has 5 heteroatoms. The van der Waals surface area contributed by atoms with E-state index in [4.69, 9.17) is 0 Å². The molecule has 0 saturated carbocycles. The van der Waals surface area contributed by atoms with Crippen LogP contribution in [-0.2, 0) is 0 Å². The van der Waals surface area contributed by atoms with Gasteiger partial charge >= 0.3 is 0 Å². The first-order valence-electron chi connectivity index (χ1n) is 4.70. The third-order valence-corrected chi connectivity index (χ3v) is 2.89. The fourth-order valence-electron chi connectivity index (χ4n) is 1.66. The second kappa shape index (κ2) is 3.53. The average molecular weight is 229 g/mol. The standard InChI is InChI=1S/C11H7N3OS/c15-10-4-3-7(9-6-16-14-13-9)8-2-1-5-12-11(8)10/h1-6,15H. The van der Waals surface area contributed by atoms with Crippen molar-refractivity contribution in [3.8, 4) is 17.0 Å². The Morgan fingerprint density at radius 1 is 1.19 bits per heavy atom. The van der Waals surface area contributed by atoms with Gasteiger partial charge in [-0.15, -0.1) is 5.10 Å². The molecule has 1 N–H and O–H groups in total. The molecule has 4 nitrogen and oxygen atoms in total. The summed E-state index contributed by atoms with van der Waals surface area (Å²) in [7, 11) is 0. The van der Waals surface area contributed by atoms with Crippen molar-refractivity contribution in [3.05, 3.63) is 35.8 Å². The number of benzene rings is 1. The van der Waals surface area contributed by atoms with Crippen LogP contribution in [0.2, 0.25) is 0 Å². The van der Waals surface area contributed by atoms with Crippen LogP contribution >= 0.6 is 11.5 Å². The molecule has 16 heavy (non-hydrogen) atoms. The van der Waals surface area contributed by atoms with Gasteiger partial charge in [-0.2, -0.15) is 0 Å². The van der Waals surface area contributed by atoms with Gasteiger partial charge in [-0.05, 0) is 29.7 Å². The van der Waals surface area contributed by atoms with Gasteiger partial charge in [0.25, 0.3) is 0 Å². The molecule has 0 aliphatic heterocycles. The number of aromatic hydroxyl groups is 1. The van der Waals surface area contributed by atoms with E-state index in [1.807, 2.05) is 23.6 Å². The summed E-state index contributed by atoms with van der Waals surface area (Å²) in [6, 6.07) is 7.21. The third-order valence-electron chi connectivity index (χ3n) is 2.38. The van der Waals surface area contributed by atoms with Crippen LogP contribution in [0.25, 0.3) is 22.2 Å². The summed E-state index contributed by atoms with van der Waals surface area (Å²) in [5.41, 5.74) is 2.34. The molecule has 1 aromatic carbocycles. The van der Waals surface area contributed by atoms with Crippen LogP contribution in [0.4, 0.5) is 0 Å². The second-order valence-corrected chi connectivity index (χ2v) is 3.93. The fourth-order valence-corrected chi connectivity index (χ4v) is 2.12. The van der Waals surface area contributed by atoms with Gasteiger partial charge in [-0.25, -0.2) is 0 Å². The molecule has 0 aliphatic carbocycles. The summed E-state index contributed by atoms with van der Waals surface area (Å²) in [5, 5.41) is 16.5. The maximum Gasteiger partial charge on any atom is 0.141 e. The van der Waals surface area contributed by atoms with E-state index in [9.17, 15) is 5.11 Å². The maximum atomic E-state index is 9.70. The molecular weight excluding hydrogens is 222 g/mol. The van der Waals surface area contributed by atoms with Gasteiger partial charge in [0.1, 0.15) is 17.0 Å². The Balaban J connectivity index is 2.39. The highest BCUT2D eigenvalue weighted by Crippen LogP contribution is 2.31. The molecule has 0 amide bonds. The van der Waals surface area contributed by atoms with E-state index in [0.29, 0.717) is 5.52 Å². The van der Waals surface area contributed by atoms with Gasteiger partial charge in [0.2, 0.25) is 0 Å². The highest BCUT2D eigenvalue weighted by atomic mass is 32.1. The van der Waals surface area contributed by atoms with Gasteiger partial charge in [-0.1, -0.05) is 10.6 Å². The first-order chi connectivity index (χ1) is 7.86. The number of phenolic OH excluding ortho intramolecular Hbond substituents is 1. The first kappa shape index (κ1) is 9.23. The number of aromatic nitrogens is 3. The largest absolute Gasteiger partial charge is 0.506 e. The third kappa shape index (κ3) is 1.33. The van der Waals surface area contributed by atoms with Crippen molar-refractivity contribution in [2.75, 3.05) is 0 Å². The summed E-state index contributed by atoms with van der Waals surface area (Å²) < 4.78 is 3.84. The van der Waals surface area contributed by atoms with E-state index < -0.39 is 0 Å². The van der Waals surface area contributed by atoms with E-state index in [0.717, 1.165) is 16.6 Å². The van der Waals surface area contributed by atoms with E-state index in [2.05, 4.69) is 14.6 Å². The topological polar surface area (TPSA) is 58.9 Å². The Kier molecular flexibility index (Phi) is 2.04. The zero-order valence-electron chi connectivity index (χ0n) is 8.16. The zero-order valence-corrected chi connectivity index (χ0v) is 8.98. The number of nitrogens with zero attached hydrogens (tertiary/aromatic N) is 3. The summed E-state index contributed by atoms with van der Waals surface area (Å²) in [4.78, 5) is 4.16. The van der Waals surface area contributed by atoms with Gasteiger partial charge in [0.05, 0.1) is 0 Å². The minimum Gasteiger partial charge on any atom is -0.506 e. The lowest BCUT2D eigenvalue weighted by Crippen LogP contribution is -1.84. The van der Waals surface area contributed by atoms with Gasteiger partial charge in [0.15, 0.2) is 0 Å². The predicted octanol–water partition coefficient (Wildman–Crippen LogP) is 2.46. The van der Waals surface area contributed by atoms with Gasteiger partial charge < -0.3 is 5.11 Å². The van der Waals surface area contributed by atoms with Gasteiger partial charge in [0, 0.05) is 22.5 Å². The Labute approximate surface area is 95.4 Å². The Bertz CT molecular complexity index is 637. The lowest BCUT2D eigenvalue weighted by molar-refractivity contribution is 0.480. The molecule has 0 bridgehead atoms. The summed E-state index contributed by atoms with van der Waals surface area (Å²) in [6.07, 6.45) is 1.66. The predicted molar refractivity (Wildman–Crippen MR) is 62.3 cm³/mol. The van der Waals surface area contributed by atoms with E-state index in [-0.39, 0.29) is 5.75 Å². The van der Waals surface area contributed by atoms with Crippen LogP contribution in [0.5, 0.6) is 5.75 Å². The highest BCUT2D eigenvalue weighted by Gasteiger charge is 2.09. The minimum absolute atomic E-state index is 0.183.